The molecule has 1 aromatic heterocycles. The number of benzene rings is 1. The van der Waals surface area contributed by atoms with Crippen molar-refractivity contribution in [3.8, 4) is 0 Å². The molecule has 110 valence electrons. The molecule has 0 atom stereocenters. The lowest BCUT2D eigenvalue weighted by atomic mass is 10.1. The van der Waals surface area contributed by atoms with Crippen molar-refractivity contribution in [3.05, 3.63) is 44.2 Å². The third-order valence-electron chi connectivity index (χ3n) is 3.38. The van der Waals surface area contributed by atoms with E-state index < -0.39 is 5.91 Å². The van der Waals surface area contributed by atoms with Gasteiger partial charge < -0.3 is 10.6 Å². The molecule has 7 heteroatoms. The SMILES string of the molecule is CNC(=O)c1c(Nc2cc(Br)cc(C3CC3)c2)s[nH]c1=O. The minimum absolute atomic E-state index is 0.121. The van der Waals surface area contributed by atoms with Crippen LogP contribution in [0.3, 0.4) is 0 Å². The van der Waals surface area contributed by atoms with Crippen molar-refractivity contribution in [2.45, 2.75) is 18.8 Å². The summed E-state index contributed by atoms with van der Waals surface area (Å²) in [5, 5.41) is 6.18. The van der Waals surface area contributed by atoms with E-state index in [0.717, 1.165) is 21.7 Å². The van der Waals surface area contributed by atoms with Gasteiger partial charge in [-0.1, -0.05) is 15.9 Å². The second-order valence-electron chi connectivity index (χ2n) is 4.99. The van der Waals surface area contributed by atoms with Crippen LogP contribution in [-0.4, -0.2) is 17.3 Å². The second-order valence-corrected chi connectivity index (χ2v) is 6.72. The van der Waals surface area contributed by atoms with Crippen molar-refractivity contribution in [1.82, 2.24) is 9.69 Å². The summed E-state index contributed by atoms with van der Waals surface area (Å²) in [6.45, 7) is 0. The van der Waals surface area contributed by atoms with E-state index in [1.165, 1.54) is 25.5 Å². The number of anilines is 2. The molecule has 1 saturated carbocycles. The predicted molar refractivity (Wildman–Crippen MR) is 87.7 cm³/mol. The molecule has 0 radical (unpaired) electrons. The van der Waals surface area contributed by atoms with Crippen LogP contribution >= 0.6 is 27.5 Å². The van der Waals surface area contributed by atoms with Crippen molar-refractivity contribution >= 4 is 44.1 Å². The van der Waals surface area contributed by atoms with Crippen molar-refractivity contribution in [2.24, 2.45) is 0 Å². The van der Waals surface area contributed by atoms with Gasteiger partial charge in [-0.3, -0.25) is 14.0 Å². The maximum absolute atomic E-state index is 11.8. The van der Waals surface area contributed by atoms with Crippen LogP contribution in [0.2, 0.25) is 0 Å². The fourth-order valence-corrected chi connectivity index (χ4v) is 3.45. The summed E-state index contributed by atoms with van der Waals surface area (Å²) in [5.74, 6) is 0.240. The number of hydrogen-bond donors (Lipinski definition) is 3. The highest BCUT2D eigenvalue weighted by molar-refractivity contribution is 9.10. The molecule has 1 amide bonds. The van der Waals surface area contributed by atoms with Gasteiger partial charge in [0.05, 0.1) is 0 Å². The van der Waals surface area contributed by atoms with Gasteiger partial charge in [0.2, 0.25) is 0 Å². The maximum atomic E-state index is 11.8. The summed E-state index contributed by atoms with van der Waals surface area (Å²) < 4.78 is 3.57. The van der Waals surface area contributed by atoms with Gasteiger partial charge in [-0.05, 0) is 54.1 Å². The van der Waals surface area contributed by atoms with Crippen LogP contribution in [0.25, 0.3) is 0 Å². The van der Waals surface area contributed by atoms with E-state index in [2.05, 4.69) is 43.1 Å². The Kier molecular flexibility index (Phi) is 3.86. The van der Waals surface area contributed by atoms with Gasteiger partial charge in [-0.15, -0.1) is 0 Å². The lowest BCUT2D eigenvalue weighted by molar-refractivity contribution is 0.0963. The van der Waals surface area contributed by atoms with Crippen LogP contribution in [0.4, 0.5) is 10.7 Å². The average molecular weight is 368 g/mol. The molecule has 1 fully saturated rings. The Bertz CT molecular complexity index is 749. The Morgan fingerprint density at radius 1 is 1.38 bits per heavy atom. The number of H-pyrrole nitrogens is 1. The van der Waals surface area contributed by atoms with Crippen LogP contribution in [0.1, 0.15) is 34.7 Å². The minimum Gasteiger partial charge on any atom is -0.355 e. The van der Waals surface area contributed by atoms with E-state index in [1.54, 1.807) is 0 Å². The number of hydrogen-bond acceptors (Lipinski definition) is 4. The molecule has 3 N–H and O–H groups in total. The number of halogens is 1. The molecule has 0 unspecified atom stereocenters. The monoisotopic (exact) mass is 367 g/mol. The molecule has 3 rings (SSSR count). The maximum Gasteiger partial charge on any atom is 0.273 e. The smallest absolute Gasteiger partial charge is 0.273 e. The molecule has 2 aromatic rings. The Balaban J connectivity index is 1.94. The molecule has 0 saturated heterocycles. The van der Waals surface area contributed by atoms with Crippen molar-refractivity contribution < 1.29 is 4.79 Å². The van der Waals surface area contributed by atoms with Gasteiger partial charge in [0, 0.05) is 17.2 Å². The second kappa shape index (κ2) is 5.65. The zero-order chi connectivity index (χ0) is 15.0. The Morgan fingerprint density at radius 2 is 2.14 bits per heavy atom. The van der Waals surface area contributed by atoms with Gasteiger partial charge in [0.25, 0.3) is 11.5 Å². The molecule has 0 spiro atoms. The van der Waals surface area contributed by atoms with Crippen molar-refractivity contribution in [2.75, 3.05) is 12.4 Å². The van der Waals surface area contributed by atoms with E-state index in [4.69, 9.17) is 0 Å². The van der Waals surface area contributed by atoms with Gasteiger partial charge in [0.15, 0.2) is 0 Å². The molecule has 1 heterocycles. The van der Waals surface area contributed by atoms with Crippen LogP contribution in [0.5, 0.6) is 0 Å². The number of amides is 1. The van der Waals surface area contributed by atoms with Crippen molar-refractivity contribution in [3.63, 3.8) is 0 Å². The first-order valence-corrected chi connectivity index (χ1v) is 8.20. The van der Waals surface area contributed by atoms with Gasteiger partial charge >= 0.3 is 0 Å². The summed E-state index contributed by atoms with van der Waals surface area (Å²) in [7, 11) is 1.51. The predicted octanol–water partition coefficient (Wildman–Crippen LogP) is 3.18. The number of nitrogens with one attached hydrogen (secondary N) is 3. The first-order valence-electron chi connectivity index (χ1n) is 6.59. The average Bonchev–Trinajstić information content (AvgIpc) is 3.23. The highest BCUT2D eigenvalue weighted by atomic mass is 79.9. The third kappa shape index (κ3) is 3.03. The molecule has 5 nitrogen and oxygen atoms in total. The number of carbonyl (C=O) groups excluding carboxylic acids is 1. The van der Waals surface area contributed by atoms with E-state index in [-0.39, 0.29) is 11.1 Å². The third-order valence-corrected chi connectivity index (χ3v) is 4.64. The van der Waals surface area contributed by atoms with Crippen molar-refractivity contribution in [1.29, 1.82) is 0 Å². The van der Waals surface area contributed by atoms with E-state index >= 15 is 0 Å². The highest BCUT2D eigenvalue weighted by Crippen LogP contribution is 2.42. The Labute approximate surface area is 134 Å². The van der Waals surface area contributed by atoms with Crippen LogP contribution in [-0.2, 0) is 0 Å². The first kappa shape index (κ1) is 14.3. The topological polar surface area (TPSA) is 74.0 Å². The largest absolute Gasteiger partial charge is 0.355 e. The molecule has 0 aliphatic heterocycles. The zero-order valence-corrected chi connectivity index (χ0v) is 13.7. The Morgan fingerprint density at radius 3 is 2.81 bits per heavy atom. The van der Waals surface area contributed by atoms with Crippen LogP contribution in [0.15, 0.2) is 27.5 Å². The summed E-state index contributed by atoms with van der Waals surface area (Å²) in [6.07, 6.45) is 2.44. The fourth-order valence-electron chi connectivity index (χ4n) is 2.19. The standard InChI is InChI=1S/C14H14BrN3O2S/c1-16-12(19)11-13(20)18-21-14(11)17-10-5-8(7-2-3-7)4-9(15)6-10/h4-7,17H,2-3H2,1H3,(H,16,19)(H,18,20). The minimum atomic E-state index is -0.391. The normalized spacial score (nSPS) is 14.0. The lowest BCUT2D eigenvalue weighted by Crippen LogP contribution is -2.24. The number of carbonyl (C=O) groups is 1. The van der Waals surface area contributed by atoms with Crippen LogP contribution in [0, 0.1) is 0 Å². The van der Waals surface area contributed by atoms with E-state index in [1.807, 2.05) is 6.07 Å². The molecule has 0 bridgehead atoms. The summed E-state index contributed by atoms with van der Waals surface area (Å²) in [4.78, 5) is 23.5. The van der Waals surface area contributed by atoms with E-state index in [9.17, 15) is 9.59 Å². The quantitative estimate of drug-likeness (QED) is 0.776. The fraction of sp³-hybridized carbons (Fsp3) is 0.286. The number of aromatic amines is 1. The number of rotatable bonds is 4. The Hall–Kier alpha value is -1.60. The molecule has 1 aliphatic carbocycles. The molecule has 1 aromatic carbocycles. The summed E-state index contributed by atoms with van der Waals surface area (Å²) >= 11 is 4.63. The molecule has 21 heavy (non-hydrogen) atoms. The lowest BCUT2D eigenvalue weighted by Gasteiger charge is -2.08. The van der Waals surface area contributed by atoms with Crippen LogP contribution < -0.4 is 16.2 Å². The van der Waals surface area contributed by atoms with Gasteiger partial charge in [-0.25, -0.2) is 0 Å². The molecular formula is C14H14BrN3O2S. The zero-order valence-electron chi connectivity index (χ0n) is 11.3. The van der Waals surface area contributed by atoms with E-state index in [0.29, 0.717) is 10.9 Å². The summed E-state index contributed by atoms with van der Waals surface area (Å²) in [6, 6.07) is 6.12. The van der Waals surface area contributed by atoms with Gasteiger partial charge in [-0.2, -0.15) is 0 Å². The summed E-state index contributed by atoms with van der Waals surface area (Å²) in [5.41, 5.74) is 1.89. The first-order chi connectivity index (χ1) is 10.1. The number of aromatic nitrogens is 1. The highest BCUT2D eigenvalue weighted by Gasteiger charge is 2.24. The molecule has 1 aliphatic rings. The molecular weight excluding hydrogens is 354 g/mol. The van der Waals surface area contributed by atoms with Gasteiger partial charge in [0.1, 0.15) is 10.6 Å².